The topological polar surface area (TPSA) is 55.4 Å². The Morgan fingerprint density at radius 2 is 1.86 bits per heavy atom. The molecule has 0 heterocycles. The van der Waals surface area contributed by atoms with Crippen LogP contribution in [0.5, 0.6) is 0 Å². The van der Waals surface area contributed by atoms with Crippen LogP contribution in [0.25, 0.3) is 0 Å². The van der Waals surface area contributed by atoms with Gasteiger partial charge in [0.15, 0.2) is 9.84 Å². The van der Waals surface area contributed by atoms with Gasteiger partial charge in [0.25, 0.3) is 0 Å². The minimum Gasteiger partial charge on any atom is -0.383 e. The van der Waals surface area contributed by atoms with Crippen LogP contribution in [0.2, 0.25) is 0 Å². The van der Waals surface area contributed by atoms with Crippen molar-refractivity contribution in [2.75, 3.05) is 20.3 Å². The molecule has 0 amide bonds. The standard InChI is InChI=1S/C16H25NO3S/c1-13-7-9-14(10-8-13)21(18,19)16-6-4-3-5-15(16)17-11-12-20-2/h7-10,15-17H,3-6,11-12H2,1-2H3/t15-,16-/m0/s1. The Kier molecular flexibility index (Phi) is 5.79. The second kappa shape index (κ2) is 7.38. The molecule has 5 heteroatoms. The van der Waals surface area contributed by atoms with Crippen LogP contribution in [-0.2, 0) is 14.6 Å². The summed E-state index contributed by atoms with van der Waals surface area (Å²) in [5.74, 6) is 0. The summed E-state index contributed by atoms with van der Waals surface area (Å²) in [6.45, 7) is 3.26. The lowest BCUT2D eigenvalue weighted by molar-refractivity contribution is 0.192. The van der Waals surface area contributed by atoms with Gasteiger partial charge in [-0.2, -0.15) is 0 Å². The zero-order valence-electron chi connectivity index (χ0n) is 12.8. The van der Waals surface area contributed by atoms with Crippen molar-refractivity contribution in [2.45, 2.75) is 48.8 Å². The van der Waals surface area contributed by atoms with Gasteiger partial charge in [0.1, 0.15) is 0 Å². The van der Waals surface area contributed by atoms with Crippen molar-refractivity contribution in [1.82, 2.24) is 5.32 Å². The van der Waals surface area contributed by atoms with Crippen LogP contribution < -0.4 is 5.32 Å². The van der Waals surface area contributed by atoms with Crippen LogP contribution in [0.4, 0.5) is 0 Å². The summed E-state index contributed by atoms with van der Waals surface area (Å²) in [6, 6.07) is 7.21. The first-order valence-electron chi connectivity index (χ1n) is 7.58. The van der Waals surface area contributed by atoms with E-state index in [4.69, 9.17) is 4.74 Å². The molecule has 0 aromatic heterocycles. The maximum atomic E-state index is 12.9. The molecule has 1 aromatic carbocycles. The first-order valence-corrected chi connectivity index (χ1v) is 9.13. The van der Waals surface area contributed by atoms with E-state index in [2.05, 4.69) is 5.32 Å². The van der Waals surface area contributed by atoms with E-state index >= 15 is 0 Å². The number of ether oxygens (including phenoxy) is 1. The Morgan fingerprint density at radius 3 is 2.52 bits per heavy atom. The van der Waals surface area contributed by atoms with Crippen LogP contribution >= 0.6 is 0 Å². The van der Waals surface area contributed by atoms with Crippen molar-refractivity contribution in [2.24, 2.45) is 0 Å². The fraction of sp³-hybridized carbons (Fsp3) is 0.625. The Bertz CT molecular complexity index is 539. The van der Waals surface area contributed by atoms with Crippen LogP contribution in [0.15, 0.2) is 29.2 Å². The summed E-state index contributed by atoms with van der Waals surface area (Å²) < 4.78 is 30.8. The van der Waals surface area contributed by atoms with Crippen LogP contribution in [0, 0.1) is 6.92 Å². The molecule has 1 saturated carbocycles. The van der Waals surface area contributed by atoms with Gasteiger partial charge in [-0.3, -0.25) is 0 Å². The average molecular weight is 311 g/mol. The first-order chi connectivity index (χ1) is 10.1. The minimum absolute atomic E-state index is 0.0280. The lowest BCUT2D eigenvalue weighted by atomic mass is 9.95. The van der Waals surface area contributed by atoms with Crippen LogP contribution in [-0.4, -0.2) is 40.0 Å². The number of aryl methyl sites for hydroxylation is 1. The molecule has 118 valence electrons. The number of nitrogens with one attached hydrogen (secondary N) is 1. The Hall–Kier alpha value is -0.910. The fourth-order valence-electron chi connectivity index (χ4n) is 2.95. The Labute approximate surface area is 127 Å². The molecule has 2 rings (SSSR count). The molecule has 0 aliphatic heterocycles. The lowest BCUT2D eigenvalue weighted by Crippen LogP contribution is -2.47. The van der Waals surface area contributed by atoms with Crippen LogP contribution in [0.1, 0.15) is 31.2 Å². The maximum Gasteiger partial charge on any atom is 0.182 e. The molecule has 0 radical (unpaired) electrons. The van der Waals surface area contributed by atoms with Gasteiger partial charge in [-0.05, 0) is 31.9 Å². The highest BCUT2D eigenvalue weighted by atomic mass is 32.2. The molecule has 4 nitrogen and oxygen atoms in total. The molecule has 0 unspecified atom stereocenters. The third kappa shape index (κ3) is 4.05. The quantitative estimate of drug-likeness (QED) is 0.819. The van der Waals surface area contributed by atoms with E-state index in [-0.39, 0.29) is 11.3 Å². The fourth-order valence-corrected chi connectivity index (χ4v) is 4.96. The van der Waals surface area contributed by atoms with Crippen molar-refractivity contribution in [3.8, 4) is 0 Å². The van der Waals surface area contributed by atoms with E-state index in [0.29, 0.717) is 18.0 Å². The van der Waals surface area contributed by atoms with Gasteiger partial charge in [-0.25, -0.2) is 8.42 Å². The summed E-state index contributed by atoms with van der Waals surface area (Å²) in [5.41, 5.74) is 1.08. The summed E-state index contributed by atoms with van der Waals surface area (Å²) in [7, 11) is -1.61. The second-order valence-electron chi connectivity index (χ2n) is 5.73. The lowest BCUT2D eigenvalue weighted by Gasteiger charge is -2.32. The zero-order valence-corrected chi connectivity index (χ0v) is 13.7. The van der Waals surface area contributed by atoms with E-state index in [0.717, 1.165) is 31.2 Å². The summed E-state index contributed by atoms with van der Waals surface area (Å²) in [4.78, 5) is 0.443. The predicted molar refractivity (Wildman–Crippen MR) is 84.3 cm³/mol. The van der Waals surface area contributed by atoms with Crippen molar-refractivity contribution in [1.29, 1.82) is 0 Å². The Morgan fingerprint density at radius 1 is 1.19 bits per heavy atom. The monoisotopic (exact) mass is 311 g/mol. The molecular formula is C16H25NO3S. The zero-order chi connectivity index (χ0) is 15.3. The van der Waals surface area contributed by atoms with E-state index in [9.17, 15) is 8.42 Å². The van der Waals surface area contributed by atoms with Crippen molar-refractivity contribution in [3.63, 3.8) is 0 Å². The number of rotatable bonds is 6. The molecule has 0 spiro atoms. The predicted octanol–water partition coefficient (Wildman–Crippen LogP) is 2.32. The molecule has 0 saturated heterocycles. The number of hydrogen-bond acceptors (Lipinski definition) is 4. The summed E-state index contributed by atoms with van der Waals surface area (Å²) >= 11 is 0. The van der Waals surface area contributed by atoms with Gasteiger partial charge in [0.05, 0.1) is 16.8 Å². The summed E-state index contributed by atoms with van der Waals surface area (Å²) in [5, 5.41) is 3.03. The minimum atomic E-state index is -3.27. The van der Waals surface area contributed by atoms with Gasteiger partial charge in [-0.15, -0.1) is 0 Å². The second-order valence-corrected chi connectivity index (χ2v) is 7.90. The van der Waals surface area contributed by atoms with E-state index < -0.39 is 9.84 Å². The smallest absolute Gasteiger partial charge is 0.182 e. The molecule has 1 fully saturated rings. The third-order valence-electron chi connectivity index (χ3n) is 4.16. The van der Waals surface area contributed by atoms with Crippen molar-refractivity contribution >= 4 is 9.84 Å². The van der Waals surface area contributed by atoms with Gasteiger partial charge >= 0.3 is 0 Å². The number of benzene rings is 1. The SMILES string of the molecule is COCCN[C@H]1CCCC[C@@H]1S(=O)(=O)c1ccc(C)cc1. The van der Waals surface area contributed by atoms with E-state index in [1.807, 2.05) is 19.1 Å². The summed E-state index contributed by atoms with van der Waals surface area (Å²) in [6.07, 6.45) is 3.73. The largest absolute Gasteiger partial charge is 0.383 e. The molecule has 21 heavy (non-hydrogen) atoms. The van der Waals surface area contributed by atoms with Gasteiger partial charge in [-0.1, -0.05) is 30.5 Å². The first kappa shape index (κ1) is 16.5. The van der Waals surface area contributed by atoms with E-state index in [1.54, 1.807) is 19.2 Å². The molecule has 1 aliphatic rings. The highest BCUT2D eigenvalue weighted by molar-refractivity contribution is 7.92. The molecule has 0 bridgehead atoms. The molecular weight excluding hydrogens is 286 g/mol. The Balaban J connectivity index is 2.17. The normalized spacial score (nSPS) is 23.1. The van der Waals surface area contributed by atoms with Crippen LogP contribution in [0.3, 0.4) is 0 Å². The average Bonchev–Trinajstić information content (AvgIpc) is 2.48. The van der Waals surface area contributed by atoms with Gasteiger partial charge in [0.2, 0.25) is 0 Å². The van der Waals surface area contributed by atoms with Crippen molar-refractivity contribution < 1.29 is 13.2 Å². The highest BCUT2D eigenvalue weighted by Gasteiger charge is 2.36. The highest BCUT2D eigenvalue weighted by Crippen LogP contribution is 2.29. The number of sulfone groups is 1. The number of hydrogen-bond donors (Lipinski definition) is 1. The molecule has 1 aromatic rings. The maximum absolute atomic E-state index is 12.9. The number of methoxy groups -OCH3 is 1. The molecule has 2 atom stereocenters. The van der Waals surface area contributed by atoms with Gasteiger partial charge < -0.3 is 10.1 Å². The van der Waals surface area contributed by atoms with E-state index in [1.165, 1.54) is 0 Å². The van der Waals surface area contributed by atoms with Gasteiger partial charge in [0, 0.05) is 19.7 Å². The molecule has 1 aliphatic carbocycles. The van der Waals surface area contributed by atoms with Crippen molar-refractivity contribution in [3.05, 3.63) is 29.8 Å². The third-order valence-corrected chi connectivity index (χ3v) is 6.45. The molecule has 1 N–H and O–H groups in total.